The Morgan fingerprint density at radius 1 is 1.33 bits per heavy atom. The zero-order chi connectivity index (χ0) is 6.57. The minimum Gasteiger partial charge on any atom is -0.343 e. The van der Waals surface area contributed by atoms with Crippen molar-refractivity contribution < 1.29 is 21.1 Å². The third-order valence-corrected chi connectivity index (χ3v) is 1.52. The first-order valence-electron chi connectivity index (χ1n) is 3.30. The summed E-state index contributed by atoms with van der Waals surface area (Å²) in [7, 11) is 0. The molecule has 0 nitrogen and oxygen atoms in total. The van der Waals surface area contributed by atoms with Gasteiger partial charge in [0.1, 0.15) is 0 Å². The van der Waals surface area contributed by atoms with E-state index in [0.717, 1.165) is 18.8 Å². The molecule has 1 heteroatoms. The third-order valence-electron chi connectivity index (χ3n) is 1.52. The van der Waals surface area contributed by atoms with Crippen LogP contribution >= 0.6 is 0 Å². The van der Waals surface area contributed by atoms with Crippen molar-refractivity contribution in [2.24, 2.45) is 11.8 Å². The Balaban J connectivity index is 0. The maximum atomic E-state index is 3.99. The maximum absolute atomic E-state index is 3.99. The molecule has 1 unspecified atom stereocenters. The minimum atomic E-state index is 0. The van der Waals surface area contributed by atoms with Crippen molar-refractivity contribution in [1.29, 1.82) is 0 Å². The summed E-state index contributed by atoms with van der Waals surface area (Å²) in [5, 5.41) is 0. The van der Waals surface area contributed by atoms with Crippen LogP contribution in [0.4, 0.5) is 0 Å². The first-order chi connectivity index (χ1) is 3.68. The van der Waals surface area contributed by atoms with Gasteiger partial charge in [-0.1, -0.05) is 19.8 Å². The molecule has 0 radical (unpaired) electrons. The second-order valence-corrected chi connectivity index (χ2v) is 2.65. The van der Waals surface area contributed by atoms with Gasteiger partial charge in [-0.2, -0.15) is 12.3 Å². The first kappa shape index (κ1) is 12.4. The standard InChI is InChI=1S/C8H16.W/c1-5-6-8(4)7(2)3;/h7-8H,1,4-6H2,2-3H3;/q-2;+2. The quantitative estimate of drug-likeness (QED) is 0.703. The summed E-state index contributed by atoms with van der Waals surface area (Å²) in [6.45, 7) is 12.2. The smallest absolute Gasteiger partial charge is 0.343 e. The van der Waals surface area contributed by atoms with Crippen molar-refractivity contribution in [3.8, 4) is 0 Å². The summed E-state index contributed by atoms with van der Waals surface area (Å²) in [4.78, 5) is 0. The van der Waals surface area contributed by atoms with Gasteiger partial charge in [-0.15, -0.1) is 6.42 Å². The van der Waals surface area contributed by atoms with Crippen LogP contribution in [-0.2, 0) is 21.1 Å². The van der Waals surface area contributed by atoms with Crippen LogP contribution in [0.1, 0.15) is 26.7 Å². The topological polar surface area (TPSA) is 0 Å². The summed E-state index contributed by atoms with van der Waals surface area (Å²) in [6.07, 6.45) is 2.18. The SMILES string of the molecule is [CH2-]CCC([CH2-])C(C)C.[W+2]. The zero-order valence-corrected chi connectivity index (χ0v) is 9.32. The van der Waals surface area contributed by atoms with E-state index in [1.807, 2.05) is 0 Å². The molecule has 0 aliphatic rings. The van der Waals surface area contributed by atoms with Crippen molar-refractivity contribution in [3.05, 3.63) is 13.8 Å². The molecule has 0 bridgehead atoms. The second kappa shape index (κ2) is 6.80. The largest absolute Gasteiger partial charge is 2.00 e. The molecule has 0 spiro atoms. The van der Waals surface area contributed by atoms with Crippen LogP contribution in [0, 0.1) is 25.7 Å². The summed E-state index contributed by atoms with van der Waals surface area (Å²) < 4.78 is 0. The van der Waals surface area contributed by atoms with Crippen molar-refractivity contribution in [2.45, 2.75) is 26.7 Å². The molecule has 0 saturated heterocycles. The van der Waals surface area contributed by atoms with Crippen LogP contribution in [0.2, 0.25) is 0 Å². The fourth-order valence-electron chi connectivity index (χ4n) is 0.596. The van der Waals surface area contributed by atoms with Crippen molar-refractivity contribution in [1.82, 2.24) is 0 Å². The molecular weight excluding hydrogens is 280 g/mol. The fourth-order valence-corrected chi connectivity index (χ4v) is 0.596. The molecule has 1 atom stereocenters. The van der Waals surface area contributed by atoms with E-state index in [1.54, 1.807) is 0 Å². The molecule has 54 valence electrons. The average molecular weight is 296 g/mol. The summed E-state index contributed by atoms with van der Waals surface area (Å²) in [5.41, 5.74) is 0. The van der Waals surface area contributed by atoms with Gasteiger partial charge < -0.3 is 13.8 Å². The van der Waals surface area contributed by atoms with Crippen molar-refractivity contribution >= 4 is 0 Å². The van der Waals surface area contributed by atoms with Gasteiger partial charge in [-0.3, -0.25) is 0 Å². The van der Waals surface area contributed by atoms with Gasteiger partial charge in [0.25, 0.3) is 0 Å². The molecule has 0 saturated carbocycles. The van der Waals surface area contributed by atoms with E-state index in [-0.39, 0.29) is 21.1 Å². The third kappa shape index (κ3) is 6.58. The predicted octanol–water partition coefficient (Wildman–Crippen LogP) is 2.70. The van der Waals surface area contributed by atoms with Crippen molar-refractivity contribution in [2.75, 3.05) is 0 Å². The second-order valence-electron chi connectivity index (χ2n) is 2.65. The van der Waals surface area contributed by atoms with E-state index in [2.05, 4.69) is 27.7 Å². The summed E-state index contributed by atoms with van der Waals surface area (Å²) in [5.74, 6) is 1.32. The minimum absolute atomic E-state index is 0. The van der Waals surface area contributed by atoms with Gasteiger partial charge in [-0.25, -0.2) is 0 Å². The van der Waals surface area contributed by atoms with E-state index in [1.165, 1.54) is 0 Å². The molecular formula is C8H16W. The Morgan fingerprint density at radius 2 is 1.78 bits per heavy atom. The molecule has 0 fully saturated rings. The Hall–Kier alpha value is 0.688. The Morgan fingerprint density at radius 3 is 1.89 bits per heavy atom. The van der Waals surface area contributed by atoms with Crippen LogP contribution in [0.15, 0.2) is 0 Å². The molecule has 0 heterocycles. The van der Waals surface area contributed by atoms with E-state index in [4.69, 9.17) is 0 Å². The molecule has 0 aromatic heterocycles. The van der Waals surface area contributed by atoms with Gasteiger partial charge in [0.15, 0.2) is 0 Å². The van der Waals surface area contributed by atoms with Crippen LogP contribution in [0.5, 0.6) is 0 Å². The molecule has 0 N–H and O–H groups in total. The van der Waals surface area contributed by atoms with Crippen LogP contribution < -0.4 is 0 Å². The molecule has 0 aromatic carbocycles. The van der Waals surface area contributed by atoms with E-state index in [0.29, 0.717) is 5.92 Å². The van der Waals surface area contributed by atoms with Gasteiger partial charge in [-0.05, 0) is 0 Å². The normalized spacial score (nSPS) is 13.0. The molecule has 0 aromatic rings. The molecule has 0 aliphatic heterocycles. The van der Waals surface area contributed by atoms with Crippen LogP contribution in [0.3, 0.4) is 0 Å². The van der Waals surface area contributed by atoms with Crippen LogP contribution in [0.25, 0.3) is 0 Å². The van der Waals surface area contributed by atoms with Gasteiger partial charge in [0, 0.05) is 0 Å². The summed E-state index contributed by atoms with van der Waals surface area (Å²) in [6, 6.07) is 0. The predicted molar refractivity (Wildman–Crippen MR) is 38.3 cm³/mol. The van der Waals surface area contributed by atoms with Gasteiger partial charge in [0.05, 0.1) is 0 Å². The number of hydrogen-bond donors (Lipinski definition) is 0. The Bertz CT molecular complexity index is 50.5. The monoisotopic (exact) mass is 296 g/mol. The zero-order valence-electron chi connectivity index (χ0n) is 6.39. The van der Waals surface area contributed by atoms with Crippen LogP contribution in [-0.4, -0.2) is 0 Å². The molecule has 0 aliphatic carbocycles. The van der Waals surface area contributed by atoms with E-state index < -0.39 is 0 Å². The average Bonchev–Trinajstić information content (AvgIpc) is 1.67. The Labute approximate surface area is 73.7 Å². The number of hydrogen-bond acceptors (Lipinski definition) is 0. The first-order valence-corrected chi connectivity index (χ1v) is 3.30. The number of rotatable bonds is 3. The molecule has 0 rings (SSSR count). The fraction of sp³-hybridized carbons (Fsp3) is 0.750. The molecule has 0 amide bonds. The maximum Gasteiger partial charge on any atom is 2.00 e. The van der Waals surface area contributed by atoms with E-state index in [9.17, 15) is 0 Å². The van der Waals surface area contributed by atoms with E-state index >= 15 is 0 Å². The van der Waals surface area contributed by atoms with Gasteiger partial charge in [0.2, 0.25) is 0 Å². The van der Waals surface area contributed by atoms with Gasteiger partial charge >= 0.3 is 21.1 Å². The Kier molecular flexibility index (Phi) is 9.35. The molecule has 9 heavy (non-hydrogen) atoms. The summed E-state index contributed by atoms with van der Waals surface area (Å²) >= 11 is 0. The van der Waals surface area contributed by atoms with Crippen molar-refractivity contribution in [3.63, 3.8) is 0 Å².